The van der Waals surface area contributed by atoms with Crippen LogP contribution < -0.4 is 5.56 Å². The van der Waals surface area contributed by atoms with E-state index >= 15 is 0 Å². The summed E-state index contributed by atoms with van der Waals surface area (Å²) in [7, 11) is -16.7. The molecule has 0 amide bonds. The van der Waals surface area contributed by atoms with Gasteiger partial charge in [-0.3, -0.25) is 13.9 Å². The van der Waals surface area contributed by atoms with Crippen LogP contribution in [0.5, 0.6) is 0 Å². The van der Waals surface area contributed by atoms with E-state index in [-0.39, 0.29) is 11.2 Å². The molecule has 1 fully saturated rings. The molecule has 0 bridgehead atoms. The minimum atomic E-state index is -5.72. The highest BCUT2D eigenvalue weighted by Gasteiger charge is 2.47. The molecular formula is C10H15N4O14P3. The fourth-order valence-electron chi connectivity index (χ4n) is 2.62. The number of H-pyrrole nitrogens is 1. The first-order chi connectivity index (χ1) is 14.2. The van der Waals surface area contributed by atoms with Gasteiger partial charge in [0.15, 0.2) is 17.4 Å². The Labute approximate surface area is 170 Å². The number of rotatable bonds is 8. The Bertz CT molecular complexity index is 1160. The highest BCUT2D eigenvalue weighted by Crippen LogP contribution is 2.66. The summed E-state index contributed by atoms with van der Waals surface area (Å²) in [4.78, 5) is 57.2. The third kappa shape index (κ3) is 5.71. The molecule has 3 rings (SSSR count). The molecule has 0 aromatic carbocycles. The number of aliphatic hydroxyl groups is 2. The minimum absolute atomic E-state index is 0.00599. The second kappa shape index (κ2) is 8.53. The normalized spacial score (nSPS) is 28.5. The molecule has 1 aliphatic rings. The first-order valence-electron chi connectivity index (χ1n) is 7.89. The van der Waals surface area contributed by atoms with Gasteiger partial charge < -0.3 is 39.5 Å². The largest absolute Gasteiger partial charge is 0.490 e. The Hall–Kier alpha value is -1.36. The van der Waals surface area contributed by atoms with Crippen LogP contribution in [0.15, 0.2) is 17.4 Å². The Balaban J connectivity index is 1.70. The summed E-state index contributed by atoms with van der Waals surface area (Å²) in [6, 6.07) is 0. The monoisotopic (exact) mass is 508 g/mol. The van der Waals surface area contributed by atoms with Gasteiger partial charge in [0.1, 0.15) is 18.3 Å². The van der Waals surface area contributed by atoms with E-state index in [1.807, 2.05) is 0 Å². The van der Waals surface area contributed by atoms with Crippen molar-refractivity contribution < 1.29 is 61.4 Å². The molecule has 174 valence electrons. The molecule has 0 spiro atoms. The third-order valence-corrected chi connectivity index (χ3v) is 7.60. The van der Waals surface area contributed by atoms with Crippen molar-refractivity contribution in [2.24, 2.45) is 0 Å². The van der Waals surface area contributed by atoms with E-state index in [2.05, 4.69) is 28.1 Å². The number of phosphoric ester groups is 1. The van der Waals surface area contributed by atoms with Crippen LogP contribution in [0.3, 0.4) is 0 Å². The molecule has 21 heteroatoms. The van der Waals surface area contributed by atoms with Crippen molar-refractivity contribution in [1.29, 1.82) is 0 Å². The topological polar surface area (TPSA) is 273 Å². The predicted molar refractivity (Wildman–Crippen MR) is 93.9 cm³/mol. The van der Waals surface area contributed by atoms with E-state index in [0.717, 1.165) is 17.2 Å². The van der Waals surface area contributed by atoms with Crippen LogP contribution in [0.1, 0.15) is 6.23 Å². The van der Waals surface area contributed by atoms with E-state index < -0.39 is 60.2 Å². The fraction of sp³-hybridized carbons (Fsp3) is 0.500. The summed E-state index contributed by atoms with van der Waals surface area (Å²) in [5.74, 6) is 0. The SMILES string of the molecule is O=c1[nH]cnc2c1ncn2[C@@H]1O[C@@H](COP(=O)(O)OP(=O)(O)OP(=O)(O)O)[C@H](O)[C@H]1O. The molecular weight excluding hydrogens is 493 g/mol. The van der Waals surface area contributed by atoms with Crippen LogP contribution in [0.4, 0.5) is 0 Å². The molecule has 18 nitrogen and oxygen atoms in total. The number of aromatic nitrogens is 4. The average molecular weight is 508 g/mol. The van der Waals surface area contributed by atoms with E-state index in [1.54, 1.807) is 0 Å². The van der Waals surface area contributed by atoms with E-state index in [1.165, 1.54) is 0 Å². The summed E-state index contributed by atoms with van der Waals surface area (Å²) >= 11 is 0. The summed E-state index contributed by atoms with van der Waals surface area (Å²) in [5, 5.41) is 20.3. The van der Waals surface area contributed by atoms with Crippen LogP contribution in [-0.2, 0) is 31.6 Å². The summed E-state index contributed by atoms with van der Waals surface area (Å²) < 4.78 is 51.6. The number of ether oxygens (including phenoxy) is 1. The Morgan fingerprint density at radius 2 is 1.74 bits per heavy atom. The maximum absolute atomic E-state index is 11.8. The third-order valence-electron chi connectivity index (χ3n) is 3.79. The number of aliphatic hydroxyl groups excluding tert-OH is 2. The van der Waals surface area contributed by atoms with Gasteiger partial charge in [-0.2, -0.15) is 8.62 Å². The standard InChI is InChI=1S/C10H15N4O14P3/c15-6-4(1-25-30(21,22)28-31(23,24)27-29(18,19)20)26-10(7(6)16)14-3-13-5-8(14)11-2-12-9(5)17/h2-4,6-7,10,15-16H,1H2,(H,21,22)(H,23,24)(H,11,12,17)(H2,18,19,20)/t4-,6-,7+,10+/m0/s1. The smallest absolute Gasteiger partial charge is 0.387 e. The van der Waals surface area contributed by atoms with Crippen LogP contribution in [-0.4, -0.2) is 74.2 Å². The van der Waals surface area contributed by atoms with Crippen molar-refractivity contribution >= 4 is 34.6 Å². The highest BCUT2D eigenvalue weighted by molar-refractivity contribution is 7.66. The molecule has 3 heterocycles. The van der Waals surface area contributed by atoms with Gasteiger partial charge >= 0.3 is 23.5 Å². The first-order valence-corrected chi connectivity index (χ1v) is 12.4. The number of imidazole rings is 1. The van der Waals surface area contributed by atoms with Crippen molar-refractivity contribution in [3.8, 4) is 0 Å². The van der Waals surface area contributed by atoms with Gasteiger partial charge in [-0.1, -0.05) is 0 Å². The molecule has 0 aliphatic carbocycles. The lowest BCUT2D eigenvalue weighted by molar-refractivity contribution is -0.0503. The van der Waals surface area contributed by atoms with Gasteiger partial charge in [0.25, 0.3) is 5.56 Å². The Morgan fingerprint density at radius 3 is 2.39 bits per heavy atom. The molecule has 0 radical (unpaired) electrons. The highest BCUT2D eigenvalue weighted by atomic mass is 31.3. The van der Waals surface area contributed by atoms with Crippen molar-refractivity contribution in [3.05, 3.63) is 23.0 Å². The Kier molecular flexibility index (Phi) is 6.68. The molecule has 1 aliphatic heterocycles. The average Bonchev–Trinajstić information content (AvgIpc) is 3.13. The summed E-state index contributed by atoms with van der Waals surface area (Å²) in [6.45, 7) is -0.987. The zero-order valence-electron chi connectivity index (χ0n) is 14.8. The van der Waals surface area contributed by atoms with Crippen LogP contribution in [0.2, 0.25) is 0 Å². The van der Waals surface area contributed by atoms with E-state index in [9.17, 15) is 33.6 Å². The van der Waals surface area contributed by atoms with Gasteiger partial charge in [0, 0.05) is 0 Å². The molecule has 1 saturated heterocycles. The lowest BCUT2D eigenvalue weighted by Gasteiger charge is -2.19. The van der Waals surface area contributed by atoms with Crippen LogP contribution in [0, 0.1) is 0 Å². The molecule has 6 atom stereocenters. The summed E-state index contributed by atoms with van der Waals surface area (Å²) in [6.07, 6.45) is -4.05. The van der Waals surface area contributed by atoms with Crippen molar-refractivity contribution in [3.63, 3.8) is 0 Å². The number of fused-ring (bicyclic) bond motifs is 1. The maximum Gasteiger partial charge on any atom is 0.490 e. The number of phosphoric acid groups is 3. The lowest BCUT2D eigenvalue weighted by atomic mass is 10.1. The van der Waals surface area contributed by atoms with Crippen LogP contribution in [0.25, 0.3) is 11.2 Å². The Morgan fingerprint density at radius 1 is 1.06 bits per heavy atom. The van der Waals surface area contributed by atoms with Gasteiger partial charge in [-0.25, -0.2) is 23.7 Å². The second-order valence-corrected chi connectivity index (χ2v) is 10.4. The summed E-state index contributed by atoms with van der Waals surface area (Å²) in [5.41, 5.74) is -0.681. The number of nitrogens with zero attached hydrogens (tertiary/aromatic N) is 3. The van der Waals surface area contributed by atoms with Gasteiger partial charge in [0.2, 0.25) is 0 Å². The number of hydrogen-bond acceptors (Lipinski definition) is 12. The molecule has 2 aromatic rings. The molecule has 2 unspecified atom stereocenters. The van der Waals surface area contributed by atoms with Gasteiger partial charge in [-0.15, -0.1) is 0 Å². The van der Waals surface area contributed by atoms with Crippen molar-refractivity contribution in [1.82, 2.24) is 19.5 Å². The molecule has 7 N–H and O–H groups in total. The second-order valence-electron chi connectivity index (χ2n) is 5.99. The zero-order chi connectivity index (χ0) is 23.2. The van der Waals surface area contributed by atoms with Gasteiger partial charge in [-0.05, 0) is 0 Å². The van der Waals surface area contributed by atoms with E-state index in [0.29, 0.717) is 0 Å². The maximum atomic E-state index is 11.8. The molecule has 31 heavy (non-hydrogen) atoms. The first kappa shape index (κ1) is 24.3. The lowest BCUT2D eigenvalue weighted by Crippen LogP contribution is -2.33. The predicted octanol–water partition coefficient (Wildman–Crippen LogP) is -1.92. The van der Waals surface area contributed by atoms with Crippen LogP contribution >= 0.6 is 23.5 Å². The number of nitrogens with one attached hydrogen (secondary N) is 1. The van der Waals surface area contributed by atoms with Crippen molar-refractivity contribution in [2.45, 2.75) is 24.5 Å². The fourth-order valence-corrected chi connectivity index (χ4v) is 5.65. The zero-order valence-corrected chi connectivity index (χ0v) is 17.5. The molecule has 0 saturated carbocycles. The van der Waals surface area contributed by atoms with Crippen molar-refractivity contribution in [2.75, 3.05) is 6.61 Å². The quantitative estimate of drug-likeness (QED) is 0.191. The number of hydrogen-bond donors (Lipinski definition) is 7. The molecule has 2 aromatic heterocycles. The van der Waals surface area contributed by atoms with Gasteiger partial charge in [0.05, 0.1) is 19.3 Å². The number of aromatic amines is 1. The minimum Gasteiger partial charge on any atom is -0.387 e. The van der Waals surface area contributed by atoms with E-state index in [4.69, 9.17) is 19.4 Å².